The Bertz CT molecular complexity index is 1540. The predicted octanol–water partition coefficient (Wildman–Crippen LogP) is 5.67. The molecule has 2 aliphatic rings. The number of rotatable bonds is 6. The van der Waals surface area contributed by atoms with Crippen molar-refractivity contribution in [2.24, 2.45) is 4.99 Å². The third kappa shape index (κ3) is 6.80. The summed E-state index contributed by atoms with van der Waals surface area (Å²) < 4.78 is 52.0. The number of nitrogens with zero attached hydrogens (tertiary/aromatic N) is 6. The van der Waals surface area contributed by atoms with Crippen molar-refractivity contribution in [3.63, 3.8) is 0 Å². The zero-order chi connectivity index (χ0) is 31.2. The van der Waals surface area contributed by atoms with Crippen molar-refractivity contribution in [1.82, 2.24) is 25.6 Å². The molecule has 9 nitrogen and oxygen atoms in total. The number of aliphatic imine (C=N–C) groups is 1. The van der Waals surface area contributed by atoms with Gasteiger partial charge in [-0.25, -0.2) is 37.2 Å². The Balaban J connectivity index is 0.00000116. The summed E-state index contributed by atoms with van der Waals surface area (Å²) in [5.74, 6) is -0.283. The van der Waals surface area contributed by atoms with Gasteiger partial charge in [0.05, 0.1) is 33.8 Å². The fourth-order valence-corrected chi connectivity index (χ4v) is 5.68. The lowest BCUT2D eigenvalue weighted by atomic mass is 9.68. The number of amidine groups is 1. The second-order valence-corrected chi connectivity index (χ2v) is 12.5. The highest BCUT2D eigenvalue weighted by molar-refractivity contribution is 7.90. The number of hydrazine groups is 1. The predicted molar refractivity (Wildman–Crippen MR) is 163 cm³/mol. The van der Waals surface area contributed by atoms with Crippen molar-refractivity contribution < 1.29 is 17.2 Å². The average molecular weight is 600 g/mol. The highest BCUT2D eigenvalue weighted by Gasteiger charge is 2.41. The van der Waals surface area contributed by atoms with Crippen LogP contribution in [-0.2, 0) is 15.3 Å². The number of sulfone groups is 1. The quantitative estimate of drug-likeness (QED) is 0.361. The normalized spacial score (nSPS) is 19.4. The summed E-state index contributed by atoms with van der Waals surface area (Å²) in [7, 11) is -3.11. The SMILES string of the molecule is C=C.CC.Cc1cnc(N2CN=C(CCS(C)(=O)=O)N2)nc1[C@@]1(C)CC[C@H](C)c2cc(-c3c(F)cccc3F)nnc21. The molecule has 0 saturated heterocycles. The molecule has 0 bridgehead atoms. The topological polar surface area (TPSA) is 113 Å². The van der Waals surface area contributed by atoms with Crippen LogP contribution in [-0.4, -0.2) is 53.1 Å². The van der Waals surface area contributed by atoms with Gasteiger partial charge in [-0.15, -0.1) is 18.3 Å². The number of anilines is 1. The minimum absolute atomic E-state index is 0.00282. The van der Waals surface area contributed by atoms with E-state index < -0.39 is 26.9 Å². The minimum Gasteiger partial charge on any atom is -0.281 e. The molecule has 3 aromatic rings. The highest BCUT2D eigenvalue weighted by atomic mass is 32.2. The number of aryl methyl sites for hydroxylation is 1. The first-order valence-corrected chi connectivity index (χ1v) is 15.9. The Morgan fingerprint density at radius 3 is 2.45 bits per heavy atom. The van der Waals surface area contributed by atoms with Crippen molar-refractivity contribution in [3.05, 3.63) is 77.8 Å². The van der Waals surface area contributed by atoms with E-state index in [2.05, 4.69) is 52.6 Å². The smallest absolute Gasteiger partial charge is 0.246 e. The average Bonchev–Trinajstić information content (AvgIpc) is 3.45. The molecular formula is C30H39F2N7O2S. The van der Waals surface area contributed by atoms with Gasteiger partial charge in [0.1, 0.15) is 34.0 Å². The fraction of sp³-hybridized carbons (Fsp3) is 0.433. The summed E-state index contributed by atoms with van der Waals surface area (Å²) in [6.45, 7) is 16.3. The van der Waals surface area contributed by atoms with E-state index in [-0.39, 0.29) is 36.0 Å². The maximum Gasteiger partial charge on any atom is 0.246 e. The molecule has 0 saturated carbocycles. The largest absolute Gasteiger partial charge is 0.281 e. The molecule has 1 aliphatic heterocycles. The van der Waals surface area contributed by atoms with Gasteiger partial charge in [-0.2, -0.15) is 5.10 Å². The minimum atomic E-state index is -3.11. The second kappa shape index (κ2) is 13.5. The van der Waals surface area contributed by atoms with Crippen molar-refractivity contribution in [2.75, 3.05) is 23.7 Å². The Morgan fingerprint density at radius 2 is 1.81 bits per heavy atom. The number of nitrogens with one attached hydrogen (secondary N) is 1. The molecular weight excluding hydrogens is 560 g/mol. The third-order valence-corrected chi connectivity index (χ3v) is 8.22. The van der Waals surface area contributed by atoms with Crippen LogP contribution in [0.2, 0.25) is 0 Å². The van der Waals surface area contributed by atoms with Crippen molar-refractivity contribution in [2.45, 2.75) is 65.2 Å². The Hall–Kier alpha value is -3.80. The van der Waals surface area contributed by atoms with Crippen LogP contribution in [0.15, 0.2) is 48.6 Å². The van der Waals surface area contributed by atoms with Gasteiger partial charge in [0.25, 0.3) is 0 Å². The molecule has 1 aliphatic carbocycles. The van der Waals surface area contributed by atoms with E-state index in [1.807, 2.05) is 20.8 Å². The van der Waals surface area contributed by atoms with E-state index >= 15 is 0 Å². The number of hydrogen-bond acceptors (Lipinski definition) is 9. The van der Waals surface area contributed by atoms with Crippen LogP contribution in [0.25, 0.3) is 11.3 Å². The molecule has 1 N–H and O–H groups in total. The molecule has 12 heteroatoms. The van der Waals surface area contributed by atoms with Crippen LogP contribution in [0.1, 0.15) is 75.4 Å². The van der Waals surface area contributed by atoms with Gasteiger partial charge in [0.2, 0.25) is 5.95 Å². The van der Waals surface area contributed by atoms with Crippen molar-refractivity contribution >= 4 is 21.6 Å². The van der Waals surface area contributed by atoms with E-state index in [4.69, 9.17) is 4.98 Å². The maximum atomic E-state index is 14.5. The molecule has 0 fully saturated rings. The molecule has 0 amide bonds. The monoisotopic (exact) mass is 599 g/mol. The molecule has 5 rings (SSSR count). The summed E-state index contributed by atoms with van der Waals surface area (Å²) >= 11 is 0. The molecule has 2 atom stereocenters. The number of benzene rings is 1. The van der Waals surface area contributed by atoms with Crippen LogP contribution in [0, 0.1) is 18.6 Å². The van der Waals surface area contributed by atoms with Gasteiger partial charge >= 0.3 is 0 Å². The number of fused-ring (bicyclic) bond motifs is 1. The van der Waals surface area contributed by atoms with Crippen LogP contribution in [0.3, 0.4) is 0 Å². The Morgan fingerprint density at radius 1 is 1.14 bits per heavy atom. The summed E-state index contributed by atoms with van der Waals surface area (Å²) in [6.07, 6.45) is 4.79. The van der Waals surface area contributed by atoms with Crippen molar-refractivity contribution in [3.8, 4) is 11.3 Å². The first-order valence-electron chi connectivity index (χ1n) is 13.9. The van der Waals surface area contributed by atoms with Gasteiger partial charge < -0.3 is 0 Å². The lowest BCUT2D eigenvalue weighted by molar-refractivity contribution is 0.402. The molecule has 42 heavy (non-hydrogen) atoms. The number of aromatic nitrogens is 4. The highest BCUT2D eigenvalue weighted by Crippen LogP contribution is 2.46. The van der Waals surface area contributed by atoms with E-state index in [0.717, 1.165) is 35.4 Å². The maximum absolute atomic E-state index is 14.5. The lowest BCUT2D eigenvalue weighted by Gasteiger charge is -2.37. The second-order valence-electron chi connectivity index (χ2n) is 10.3. The van der Waals surface area contributed by atoms with Gasteiger partial charge in [0.15, 0.2) is 0 Å². The first kappa shape index (κ1) is 32.7. The Labute approximate surface area is 247 Å². The van der Waals surface area contributed by atoms with Crippen molar-refractivity contribution in [1.29, 1.82) is 0 Å². The van der Waals surface area contributed by atoms with E-state index in [1.165, 1.54) is 24.5 Å². The summed E-state index contributed by atoms with van der Waals surface area (Å²) in [5.41, 5.74) is 5.73. The number of hydrogen-bond donors (Lipinski definition) is 1. The van der Waals surface area contributed by atoms with Crippen LogP contribution >= 0.6 is 0 Å². The zero-order valence-corrected chi connectivity index (χ0v) is 25.9. The van der Waals surface area contributed by atoms with Gasteiger partial charge in [-0.1, -0.05) is 26.8 Å². The van der Waals surface area contributed by atoms with E-state index in [9.17, 15) is 17.2 Å². The van der Waals surface area contributed by atoms with Crippen LogP contribution in [0.5, 0.6) is 0 Å². The molecule has 226 valence electrons. The Kier molecular flexibility index (Phi) is 10.5. The number of halogens is 2. The lowest BCUT2D eigenvalue weighted by Crippen LogP contribution is -2.39. The van der Waals surface area contributed by atoms with Crippen LogP contribution < -0.4 is 10.4 Å². The fourth-order valence-electron chi connectivity index (χ4n) is 5.12. The molecule has 0 radical (unpaired) electrons. The summed E-state index contributed by atoms with van der Waals surface area (Å²) in [6, 6.07) is 5.49. The molecule has 1 aromatic carbocycles. The van der Waals surface area contributed by atoms with E-state index in [0.29, 0.717) is 11.8 Å². The van der Waals surface area contributed by atoms with Crippen LogP contribution in [0.4, 0.5) is 14.7 Å². The van der Waals surface area contributed by atoms with Gasteiger partial charge in [-0.05, 0) is 61.9 Å². The standard InChI is InChI=1S/C26H29F2N7O2S.C2H6.C2H4/c1-15-8-10-26(3,24-17(15)12-20(32-33-24)22-18(27)6-5-7-19(22)28)23-16(2)13-29-25(31-23)35-14-30-21(34-35)9-11-38(4,36)37;2*1-2/h5-7,12-13,15H,8-11,14H2,1-4H3,(H,30,34);1-2H3;1-2H2/t15-,26+;;/m0../s1. The van der Waals surface area contributed by atoms with E-state index in [1.54, 1.807) is 17.3 Å². The third-order valence-electron chi connectivity index (χ3n) is 7.27. The molecule has 3 heterocycles. The molecule has 0 unspecified atom stereocenters. The first-order chi connectivity index (χ1) is 20.0. The molecule has 2 aromatic heterocycles. The molecule has 0 spiro atoms. The zero-order valence-electron chi connectivity index (χ0n) is 25.1. The van der Waals surface area contributed by atoms with Gasteiger partial charge in [-0.3, -0.25) is 5.43 Å². The summed E-state index contributed by atoms with van der Waals surface area (Å²) in [4.78, 5) is 13.8. The van der Waals surface area contributed by atoms with Gasteiger partial charge in [0, 0.05) is 18.9 Å². The summed E-state index contributed by atoms with van der Waals surface area (Å²) in [5, 5.41) is 10.5.